The Morgan fingerprint density at radius 1 is 1.02 bits per heavy atom. The largest absolute Gasteiger partial charge is 0.493 e. The van der Waals surface area contributed by atoms with Crippen LogP contribution in [0.2, 0.25) is 0 Å². The van der Waals surface area contributed by atoms with E-state index in [1.54, 1.807) is 43.7 Å². The number of carbonyl (C=O) groups excluding carboxylic acids is 2. The summed E-state index contributed by atoms with van der Waals surface area (Å²) in [5, 5.41) is 7.96. The van der Waals surface area contributed by atoms with E-state index in [-0.39, 0.29) is 17.4 Å². The number of aromatic nitrogens is 2. The van der Waals surface area contributed by atoms with Gasteiger partial charge in [0.2, 0.25) is 11.8 Å². The summed E-state index contributed by atoms with van der Waals surface area (Å²) in [5.74, 6) is 0.0492. The number of ether oxygens (including phenoxy) is 1. The molecule has 0 unspecified atom stereocenters. The predicted molar refractivity (Wildman–Crippen MR) is 160 cm³/mol. The van der Waals surface area contributed by atoms with E-state index >= 15 is 0 Å². The quantitative estimate of drug-likeness (QED) is 0.226. The Morgan fingerprint density at radius 2 is 1.85 bits per heavy atom. The Morgan fingerprint density at radius 3 is 2.71 bits per heavy atom. The van der Waals surface area contributed by atoms with Crippen molar-refractivity contribution in [3.05, 3.63) is 94.7 Å². The fourth-order valence-electron chi connectivity index (χ4n) is 4.92. The van der Waals surface area contributed by atoms with Gasteiger partial charge in [-0.05, 0) is 74.2 Å². The predicted octanol–water partition coefficient (Wildman–Crippen LogP) is 4.14. The van der Waals surface area contributed by atoms with Crippen molar-refractivity contribution >= 4 is 34.0 Å². The first-order chi connectivity index (χ1) is 19.7. The van der Waals surface area contributed by atoms with Crippen molar-refractivity contribution < 1.29 is 14.3 Å². The number of amides is 2. The molecule has 0 bridgehead atoms. The van der Waals surface area contributed by atoms with E-state index in [1.165, 1.54) is 4.90 Å². The molecule has 2 N–H and O–H groups in total. The standard InChI is InChI=1S/C32H35N5O4/c1-32(2)30(39)35-27-10-9-25(20-28(27)36(3)31(32)40)41-18-6-14-33-21-22-11-15-34-24(19-22)13-17-37-16-12-23-7-4-5-8-26(23)29(37)38/h4-5,7-12,15-16,19-20,33H,6,13-14,17-18,21H2,1-3H3,(H,35,39). The summed E-state index contributed by atoms with van der Waals surface area (Å²) in [7, 11) is 1.67. The number of hydrogen-bond donors (Lipinski definition) is 2. The second-order valence-corrected chi connectivity index (χ2v) is 10.8. The maximum atomic E-state index is 12.8. The molecule has 0 fully saturated rings. The Labute approximate surface area is 239 Å². The van der Waals surface area contributed by atoms with Gasteiger partial charge in [0, 0.05) is 56.1 Å². The average molecular weight is 554 g/mol. The third kappa shape index (κ3) is 6.15. The minimum absolute atomic E-state index is 0.0188. The topological polar surface area (TPSA) is 106 Å². The van der Waals surface area contributed by atoms with Crippen molar-refractivity contribution in [2.45, 2.75) is 39.8 Å². The van der Waals surface area contributed by atoms with E-state index in [1.807, 2.05) is 48.8 Å². The summed E-state index contributed by atoms with van der Waals surface area (Å²) >= 11 is 0. The van der Waals surface area contributed by atoms with Gasteiger partial charge in [0.15, 0.2) is 0 Å². The first-order valence-electron chi connectivity index (χ1n) is 13.8. The summed E-state index contributed by atoms with van der Waals surface area (Å²) in [6, 6.07) is 19.0. The molecule has 0 saturated heterocycles. The van der Waals surface area contributed by atoms with Gasteiger partial charge in [-0.3, -0.25) is 19.4 Å². The summed E-state index contributed by atoms with van der Waals surface area (Å²) in [6.07, 6.45) is 5.11. The first kappa shape index (κ1) is 28.0. The zero-order chi connectivity index (χ0) is 29.0. The number of fused-ring (bicyclic) bond motifs is 2. The van der Waals surface area contributed by atoms with Crippen LogP contribution < -0.4 is 25.8 Å². The lowest BCUT2D eigenvalue weighted by Crippen LogP contribution is -2.43. The van der Waals surface area contributed by atoms with Crippen LogP contribution in [0.15, 0.2) is 77.9 Å². The van der Waals surface area contributed by atoms with Crippen LogP contribution >= 0.6 is 0 Å². The Kier molecular flexibility index (Phi) is 8.16. The highest BCUT2D eigenvalue weighted by atomic mass is 16.5. The molecule has 1 aliphatic heterocycles. The van der Waals surface area contributed by atoms with Gasteiger partial charge in [-0.15, -0.1) is 0 Å². The molecule has 0 atom stereocenters. The number of pyridine rings is 2. The number of aryl methyl sites for hydroxylation is 2. The molecule has 41 heavy (non-hydrogen) atoms. The van der Waals surface area contributed by atoms with Gasteiger partial charge >= 0.3 is 0 Å². The molecule has 0 spiro atoms. The highest BCUT2D eigenvalue weighted by molar-refractivity contribution is 6.19. The van der Waals surface area contributed by atoms with Gasteiger partial charge in [0.25, 0.3) is 5.56 Å². The number of carbonyl (C=O) groups is 2. The first-order valence-corrected chi connectivity index (χ1v) is 13.8. The molecule has 0 radical (unpaired) electrons. The lowest BCUT2D eigenvalue weighted by molar-refractivity contribution is -0.136. The van der Waals surface area contributed by atoms with Gasteiger partial charge in [0.1, 0.15) is 11.2 Å². The zero-order valence-corrected chi connectivity index (χ0v) is 23.6. The molecule has 9 heteroatoms. The van der Waals surface area contributed by atoms with Crippen molar-refractivity contribution in [3.63, 3.8) is 0 Å². The molecule has 5 rings (SSSR count). The van der Waals surface area contributed by atoms with E-state index in [0.717, 1.165) is 35.0 Å². The van der Waals surface area contributed by atoms with Crippen molar-refractivity contribution in [1.82, 2.24) is 14.9 Å². The van der Waals surface area contributed by atoms with Crippen LogP contribution in [0, 0.1) is 5.41 Å². The monoisotopic (exact) mass is 553 g/mol. The van der Waals surface area contributed by atoms with Gasteiger partial charge in [0.05, 0.1) is 18.0 Å². The number of nitrogens with one attached hydrogen (secondary N) is 2. The SMILES string of the molecule is CN1C(=O)C(C)(C)C(=O)Nc2ccc(OCCCNCc3ccnc(CCn4ccc5ccccc5c4=O)c3)cc21. The van der Waals surface area contributed by atoms with Gasteiger partial charge in [-0.25, -0.2) is 0 Å². The van der Waals surface area contributed by atoms with Crippen LogP contribution in [0.4, 0.5) is 11.4 Å². The Balaban J connectivity index is 1.08. The van der Waals surface area contributed by atoms with Crippen molar-refractivity contribution in [3.8, 4) is 5.75 Å². The molecule has 1 aliphatic rings. The van der Waals surface area contributed by atoms with Crippen LogP contribution in [0.1, 0.15) is 31.5 Å². The highest BCUT2D eigenvalue weighted by Gasteiger charge is 2.41. The Hall–Kier alpha value is -4.50. The summed E-state index contributed by atoms with van der Waals surface area (Å²) in [4.78, 5) is 44.0. The van der Waals surface area contributed by atoms with Crippen LogP contribution in [0.25, 0.3) is 10.8 Å². The van der Waals surface area contributed by atoms with Crippen molar-refractivity contribution in [2.24, 2.45) is 5.41 Å². The lowest BCUT2D eigenvalue weighted by Gasteiger charge is -2.24. The highest BCUT2D eigenvalue weighted by Crippen LogP contribution is 2.36. The summed E-state index contributed by atoms with van der Waals surface area (Å²) in [6.45, 7) is 5.78. The van der Waals surface area contributed by atoms with E-state index in [0.29, 0.717) is 43.2 Å². The molecule has 3 heterocycles. The van der Waals surface area contributed by atoms with Gasteiger partial charge in [-0.2, -0.15) is 0 Å². The maximum Gasteiger partial charge on any atom is 0.258 e. The average Bonchev–Trinajstić information content (AvgIpc) is 3.04. The third-order valence-electron chi connectivity index (χ3n) is 7.46. The zero-order valence-electron chi connectivity index (χ0n) is 23.6. The van der Waals surface area contributed by atoms with Crippen molar-refractivity contribution in [1.29, 1.82) is 0 Å². The number of rotatable bonds is 10. The van der Waals surface area contributed by atoms with E-state index in [2.05, 4.69) is 21.7 Å². The van der Waals surface area contributed by atoms with Crippen LogP contribution in [0.5, 0.6) is 5.75 Å². The molecule has 0 aliphatic carbocycles. The minimum Gasteiger partial charge on any atom is -0.493 e. The van der Waals surface area contributed by atoms with Gasteiger partial charge in [-0.1, -0.05) is 18.2 Å². The lowest BCUT2D eigenvalue weighted by atomic mass is 9.91. The number of benzene rings is 2. The summed E-state index contributed by atoms with van der Waals surface area (Å²) < 4.78 is 7.67. The second kappa shape index (κ2) is 11.9. The fraction of sp³-hybridized carbons (Fsp3) is 0.312. The number of anilines is 2. The molecule has 2 aromatic carbocycles. The maximum absolute atomic E-state index is 12.8. The molecule has 212 valence electrons. The normalized spacial score (nSPS) is 14.5. The van der Waals surface area contributed by atoms with E-state index < -0.39 is 5.41 Å². The van der Waals surface area contributed by atoms with Crippen LogP contribution in [0.3, 0.4) is 0 Å². The molecule has 9 nitrogen and oxygen atoms in total. The van der Waals surface area contributed by atoms with E-state index in [9.17, 15) is 14.4 Å². The molecular weight excluding hydrogens is 518 g/mol. The van der Waals surface area contributed by atoms with Crippen LogP contribution in [-0.2, 0) is 29.1 Å². The fourth-order valence-corrected chi connectivity index (χ4v) is 4.92. The van der Waals surface area contributed by atoms with E-state index in [4.69, 9.17) is 4.74 Å². The Bertz CT molecular complexity index is 1640. The van der Waals surface area contributed by atoms with Crippen LogP contribution in [-0.4, -0.2) is 41.6 Å². The van der Waals surface area contributed by atoms with Crippen molar-refractivity contribution in [2.75, 3.05) is 30.4 Å². The smallest absolute Gasteiger partial charge is 0.258 e. The molecular formula is C32H35N5O4. The number of nitrogens with zero attached hydrogens (tertiary/aromatic N) is 3. The molecule has 0 saturated carbocycles. The second-order valence-electron chi connectivity index (χ2n) is 10.8. The molecule has 2 aromatic heterocycles. The number of hydrogen-bond acceptors (Lipinski definition) is 6. The summed E-state index contributed by atoms with van der Waals surface area (Å²) in [5.41, 5.74) is 2.15. The van der Waals surface area contributed by atoms with Gasteiger partial charge < -0.3 is 24.8 Å². The molecule has 4 aromatic rings. The minimum atomic E-state index is -1.15. The third-order valence-corrected chi connectivity index (χ3v) is 7.46. The molecule has 2 amide bonds.